The third-order valence-corrected chi connectivity index (χ3v) is 5.35. The van der Waals surface area contributed by atoms with Crippen molar-refractivity contribution >= 4 is 31.7 Å². The standard InChI is InChI=1S/C12H14BrNO3S/c13-11-3-1-10(2-4-11)12(15)14-7-9-5-6-18(16,17)8-9/h1-4,9H,5-8H2,(H,14,15). The Morgan fingerprint density at radius 1 is 1.33 bits per heavy atom. The summed E-state index contributed by atoms with van der Waals surface area (Å²) >= 11 is 3.30. The molecule has 1 heterocycles. The van der Waals surface area contributed by atoms with Crippen molar-refractivity contribution in [3.63, 3.8) is 0 Å². The van der Waals surface area contributed by atoms with Gasteiger partial charge in [0.1, 0.15) is 0 Å². The van der Waals surface area contributed by atoms with E-state index in [-0.39, 0.29) is 23.3 Å². The zero-order valence-electron chi connectivity index (χ0n) is 9.73. The van der Waals surface area contributed by atoms with Crippen molar-refractivity contribution in [3.05, 3.63) is 34.3 Å². The molecule has 1 aliphatic rings. The van der Waals surface area contributed by atoms with E-state index < -0.39 is 9.84 Å². The zero-order chi connectivity index (χ0) is 13.2. The fourth-order valence-corrected chi connectivity index (χ4v) is 4.10. The molecule has 1 fully saturated rings. The van der Waals surface area contributed by atoms with Gasteiger partial charge in [0.25, 0.3) is 5.91 Å². The van der Waals surface area contributed by atoms with Crippen molar-refractivity contribution < 1.29 is 13.2 Å². The highest BCUT2D eigenvalue weighted by atomic mass is 79.9. The molecule has 6 heteroatoms. The van der Waals surface area contributed by atoms with Gasteiger partial charge in [-0.2, -0.15) is 0 Å². The Labute approximate surface area is 115 Å². The first-order valence-corrected chi connectivity index (χ1v) is 8.32. The molecule has 1 atom stereocenters. The van der Waals surface area contributed by atoms with E-state index in [1.807, 2.05) is 0 Å². The molecule has 1 saturated heterocycles. The van der Waals surface area contributed by atoms with E-state index in [1.165, 1.54) is 0 Å². The smallest absolute Gasteiger partial charge is 0.251 e. The fourth-order valence-electron chi connectivity index (χ4n) is 1.97. The van der Waals surface area contributed by atoms with Crippen LogP contribution in [0.5, 0.6) is 0 Å². The first kappa shape index (κ1) is 13.5. The SMILES string of the molecule is O=C(NCC1CCS(=O)(=O)C1)c1ccc(Br)cc1. The van der Waals surface area contributed by atoms with Crippen molar-refractivity contribution in [2.75, 3.05) is 18.1 Å². The van der Waals surface area contributed by atoms with Crippen LogP contribution in [0.1, 0.15) is 16.8 Å². The molecule has 0 saturated carbocycles. The Bertz CT molecular complexity index is 539. The molecule has 0 bridgehead atoms. The van der Waals surface area contributed by atoms with Crippen LogP contribution >= 0.6 is 15.9 Å². The van der Waals surface area contributed by atoms with Crippen LogP contribution in [0.3, 0.4) is 0 Å². The van der Waals surface area contributed by atoms with Crippen molar-refractivity contribution in [2.24, 2.45) is 5.92 Å². The Kier molecular flexibility index (Phi) is 4.07. The summed E-state index contributed by atoms with van der Waals surface area (Å²) in [6, 6.07) is 7.06. The van der Waals surface area contributed by atoms with E-state index in [9.17, 15) is 13.2 Å². The molecular weight excluding hydrogens is 318 g/mol. The fraction of sp³-hybridized carbons (Fsp3) is 0.417. The second-order valence-corrected chi connectivity index (χ2v) is 7.63. The lowest BCUT2D eigenvalue weighted by Crippen LogP contribution is -2.29. The van der Waals surface area contributed by atoms with Crippen LogP contribution in [0.15, 0.2) is 28.7 Å². The van der Waals surface area contributed by atoms with Crippen LogP contribution < -0.4 is 5.32 Å². The molecule has 0 spiro atoms. The molecule has 1 aromatic carbocycles. The predicted molar refractivity (Wildman–Crippen MR) is 73.2 cm³/mol. The summed E-state index contributed by atoms with van der Waals surface area (Å²) in [6.07, 6.45) is 0.642. The molecule has 0 aliphatic carbocycles. The predicted octanol–water partition coefficient (Wildman–Crippen LogP) is 1.61. The summed E-state index contributed by atoms with van der Waals surface area (Å²) in [5.74, 6) is 0.320. The minimum atomic E-state index is -2.87. The number of halogens is 1. The van der Waals surface area contributed by atoms with E-state index in [4.69, 9.17) is 0 Å². The van der Waals surface area contributed by atoms with E-state index in [2.05, 4.69) is 21.2 Å². The summed E-state index contributed by atoms with van der Waals surface area (Å²) in [5, 5.41) is 2.78. The molecule has 0 radical (unpaired) electrons. The van der Waals surface area contributed by atoms with Gasteiger partial charge in [-0.05, 0) is 36.6 Å². The number of sulfone groups is 1. The molecule has 1 N–H and O–H groups in total. The minimum Gasteiger partial charge on any atom is -0.352 e. The summed E-state index contributed by atoms with van der Waals surface area (Å²) in [7, 11) is -2.87. The lowest BCUT2D eigenvalue weighted by Gasteiger charge is -2.09. The van der Waals surface area contributed by atoms with E-state index >= 15 is 0 Å². The van der Waals surface area contributed by atoms with Gasteiger partial charge in [-0.15, -0.1) is 0 Å². The molecule has 1 aliphatic heterocycles. The Morgan fingerprint density at radius 2 is 2.00 bits per heavy atom. The van der Waals surface area contributed by atoms with Gasteiger partial charge >= 0.3 is 0 Å². The monoisotopic (exact) mass is 331 g/mol. The molecule has 4 nitrogen and oxygen atoms in total. The van der Waals surface area contributed by atoms with Crippen molar-refractivity contribution in [2.45, 2.75) is 6.42 Å². The van der Waals surface area contributed by atoms with E-state index in [0.29, 0.717) is 18.5 Å². The van der Waals surface area contributed by atoms with Crippen LogP contribution in [-0.2, 0) is 9.84 Å². The lowest BCUT2D eigenvalue weighted by molar-refractivity contribution is 0.0948. The van der Waals surface area contributed by atoms with Gasteiger partial charge < -0.3 is 5.32 Å². The topological polar surface area (TPSA) is 63.2 Å². The zero-order valence-corrected chi connectivity index (χ0v) is 12.1. The van der Waals surface area contributed by atoms with Crippen molar-refractivity contribution in [1.29, 1.82) is 0 Å². The number of benzene rings is 1. The molecular formula is C12H14BrNO3S. The number of carbonyl (C=O) groups excluding carboxylic acids is 1. The maximum absolute atomic E-state index is 11.8. The van der Waals surface area contributed by atoms with Gasteiger partial charge in [0.2, 0.25) is 0 Å². The second-order valence-electron chi connectivity index (χ2n) is 4.49. The van der Waals surface area contributed by atoms with Crippen LogP contribution in [0.25, 0.3) is 0 Å². The van der Waals surface area contributed by atoms with Crippen LogP contribution in [0.4, 0.5) is 0 Å². The number of amides is 1. The number of rotatable bonds is 3. The van der Waals surface area contributed by atoms with Gasteiger partial charge in [-0.25, -0.2) is 8.42 Å². The molecule has 1 amide bonds. The number of carbonyl (C=O) groups is 1. The summed E-state index contributed by atoms with van der Waals surface area (Å²) < 4.78 is 23.5. The average molecular weight is 332 g/mol. The van der Waals surface area contributed by atoms with Crippen LogP contribution in [0.2, 0.25) is 0 Å². The van der Waals surface area contributed by atoms with Crippen LogP contribution in [-0.4, -0.2) is 32.4 Å². The van der Waals surface area contributed by atoms with Gasteiger partial charge in [0.05, 0.1) is 11.5 Å². The Balaban J connectivity index is 1.87. The van der Waals surface area contributed by atoms with E-state index in [0.717, 1.165) is 4.47 Å². The largest absolute Gasteiger partial charge is 0.352 e. The molecule has 18 heavy (non-hydrogen) atoms. The van der Waals surface area contributed by atoms with Gasteiger partial charge in [0.15, 0.2) is 9.84 Å². The molecule has 0 aromatic heterocycles. The van der Waals surface area contributed by atoms with Gasteiger partial charge in [0, 0.05) is 16.6 Å². The second kappa shape index (κ2) is 5.40. The number of nitrogens with one attached hydrogen (secondary N) is 1. The number of hydrogen-bond donors (Lipinski definition) is 1. The van der Waals surface area contributed by atoms with Gasteiger partial charge in [-0.1, -0.05) is 15.9 Å². The Hall–Kier alpha value is -0.880. The maximum atomic E-state index is 11.8. The Morgan fingerprint density at radius 3 is 2.56 bits per heavy atom. The number of hydrogen-bond acceptors (Lipinski definition) is 3. The summed E-state index contributed by atoms with van der Waals surface area (Å²) in [6.45, 7) is 0.425. The molecule has 2 rings (SSSR count). The van der Waals surface area contributed by atoms with Crippen molar-refractivity contribution in [3.8, 4) is 0 Å². The highest BCUT2D eigenvalue weighted by Gasteiger charge is 2.27. The first-order valence-electron chi connectivity index (χ1n) is 5.70. The quantitative estimate of drug-likeness (QED) is 0.915. The normalized spacial score (nSPS) is 21.7. The van der Waals surface area contributed by atoms with Gasteiger partial charge in [-0.3, -0.25) is 4.79 Å². The highest BCUT2D eigenvalue weighted by molar-refractivity contribution is 9.10. The van der Waals surface area contributed by atoms with Crippen LogP contribution in [0, 0.1) is 5.92 Å². The maximum Gasteiger partial charge on any atom is 0.251 e. The van der Waals surface area contributed by atoms with Crippen molar-refractivity contribution in [1.82, 2.24) is 5.32 Å². The molecule has 1 aromatic rings. The molecule has 98 valence electrons. The minimum absolute atomic E-state index is 0.0504. The summed E-state index contributed by atoms with van der Waals surface area (Å²) in [5.41, 5.74) is 0.582. The van der Waals surface area contributed by atoms with E-state index in [1.54, 1.807) is 24.3 Å². The third kappa shape index (κ3) is 3.55. The average Bonchev–Trinajstić information content (AvgIpc) is 2.67. The third-order valence-electron chi connectivity index (χ3n) is 2.98. The molecule has 1 unspecified atom stereocenters. The first-order chi connectivity index (χ1) is 8.46. The lowest BCUT2D eigenvalue weighted by atomic mass is 10.1. The summed E-state index contributed by atoms with van der Waals surface area (Å²) in [4.78, 5) is 11.8. The highest BCUT2D eigenvalue weighted by Crippen LogP contribution is 2.17.